The number of aromatic nitrogens is 1. The maximum Gasteiger partial charge on any atom is 0.249 e. The van der Waals surface area contributed by atoms with Crippen LogP contribution in [0.3, 0.4) is 0 Å². The number of nitrogens with two attached hydrogens (primary N) is 1. The summed E-state index contributed by atoms with van der Waals surface area (Å²) in [5, 5.41) is 3.24. The van der Waals surface area contributed by atoms with E-state index in [9.17, 15) is 13.2 Å². The lowest BCUT2D eigenvalue weighted by Crippen LogP contribution is -2.30. The van der Waals surface area contributed by atoms with Gasteiger partial charge in [-0.1, -0.05) is 0 Å². The molecule has 3 N–H and O–H groups in total. The van der Waals surface area contributed by atoms with Crippen molar-refractivity contribution in [3.05, 3.63) is 0 Å². The number of carbonyl (C=O) groups excluding carboxylic acids is 1. The summed E-state index contributed by atoms with van der Waals surface area (Å²) in [4.78, 5) is 13.2. The fourth-order valence-corrected chi connectivity index (χ4v) is 4.15. The summed E-state index contributed by atoms with van der Waals surface area (Å²) in [5.74, 6) is -0.0377. The van der Waals surface area contributed by atoms with Crippen LogP contribution in [0.1, 0.15) is 6.42 Å². The highest BCUT2D eigenvalue weighted by molar-refractivity contribution is 7.89. The molecule has 1 saturated heterocycles. The Bertz CT molecular complexity index is 610. The predicted octanol–water partition coefficient (Wildman–Crippen LogP) is -0.698. The molecule has 1 aliphatic rings. The van der Waals surface area contributed by atoms with Crippen molar-refractivity contribution in [3.63, 3.8) is 0 Å². The molecule has 0 aliphatic carbocycles. The summed E-state index contributed by atoms with van der Waals surface area (Å²) in [5.41, 5.74) is 5.72. The molecule has 1 aromatic heterocycles. The van der Waals surface area contributed by atoms with Gasteiger partial charge in [0, 0.05) is 40.2 Å². The fraction of sp³-hybridized carbons (Fsp3) is 0.600. The molecule has 0 bridgehead atoms. The Morgan fingerprint density at radius 1 is 1.40 bits per heavy atom. The van der Waals surface area contributed by atoms with Crippen molar-refractivity contribution in [2.24, 2.45) is 0 Å². The van der Waals surface area contributed by atoms with E-state index in [1.54, 1.807) is 0 Å². The average Bonchev–Trinajstić information content (AvgIpc) is 2.62. The van der Waals surface area contributed by atoms with Gasteiger partial charge in [-0.25, -0.2) is 12.7 Å². The van der Waals surface area contributed by atoms with Crippen molar-refractivity contribution in [1.29, 1.82) is 0 Å². The summed E-state index contributed by atoms with van der Waals surface area (Å²) >= 11 is 1.04. The summed E-state index contributed by atoms with van der Waals surface area (Å²) in [6, 6.07) is 0. The first-order valence-corrected chi connectivity index (χ1v) is 8.24. The maximum atomic E-state index is 12.3. The quantitative estimate of drug-likeness (QED) is 0.763. The van der Waals surface area contributed by atoms with Crippen LogP contribution < -0.4 is 16.0 Å². The van der Waals surface area contributed by atoms with E-state index in [1.165, 1.54) is 14.1 Å². The van der Waals surface area contributed by atoms with E-state index in [0.29, 0.717) is 31.1 Å². The molecule has 10 heteroatoms. The van der Waals surface area contributed by atoms with Gasteiger partial charge >= 0.3 is 0 Å². The van der Waals surface area contributed by atoms with Gasteiger partial charge in [0.15, 0.2) is 10.7 Å². The molecule has 0 spiro atoms. The van der Waals surface area contributed by atoms with Gasteiger partial charge in [-0.15, -0.1) is 0 Å². The van der Waals surface area contributed by atoms with Crippen molar-refractivity contribution >= 4 is 38.3 Å². The van der Waals surface area contributed by atoms with Gasteiger partial charge in [0.05, 0.1) is 0 Å². The standard InChI is InChI=1S/C10H17N5O3S2/c1-14(2)20(17,18)8-9(11)13-19-10(8)15-5-3-7(16)12-4-6-15/h3-6H2,1-2H3,(H2,11,13)(H,12,16). The lowest BCUT2D eigenvalue weighted by atomic mass is 10.4. The highest BCUT2D eigenvalue weighted by Crippen LogP contribution is 2.36. The zero-order valence-corrected chi connectivity index (χ0v) is 12.9. The molecule has 2 heterocycles. The van der Waals surface area contributed by atoms with E-state index >= 15 is 0 Å². The van der Waals surface area contributed by atoms with E-state index in [-0.39, 0.29) is 16.6 Å². The second kappa shape index (κ2) is 5.54. The number of rotatable bonds is 3. The Balaban J connectivity index is 2.41. The van der Waals surface area contributed by atoms with Crippen molar-refractivity contribution in [3.8, 4) is 0 Å². The molecule has 0 aromatic carbocycles. The first-order valence-electron chi connectivity index (χ1n) is 6.03. The number of sulfonamides is 1. The van der Waals surface area contributed by atoms with Crippen LogP contribution in [-0.4, -0.2) is 56.7 Å². The van der Waals surface area contributed by atoms with Crippen LogP contribution >= 0.6 is 11.5 Å². The first kappa shape index (κ1) is 15.0. The summed E-state index contributed by atoms with van der Waals surface area (Å²) in [6.07, 6.45) is 0.319. The molecule has 1 fully saturated rings. The number of amides is 1. The van der Waals surface area contributed by atoms with E-state index in [1.807, 2.05) is 4.90 Å². The number of hydrogen-bond donors (Lipinski definition) is 2. The number of carbonyl (C=O) groups is 1. The summed E-state index contributed by atoms with van der Waals surface area (Å²) < 4.78 is 29.7. The van der Waals surface area contributed by atoms with E-state index in [4.69, 9.17) is 5.73 Å². The minimum absolute atomic E-state index is 0.00207. The molecule has 1 amide bonds. The van der Waals surface area contributed by atoms with Gasteiger partial charge < -0.3 is 16.0 Å². The predicted molar refractivity (Wildman–Crippen MR) is 77.2 cm³/mol. The molecule has 0 atom stereocenters. The third-order valence-electron chi connectivity index (χ3n) is 3.00. The minimum Gasteiger partial charge on any atom is -0.382 e. The normalized spacial score (nSPS) is 17.1. The van der Waals surface area contributed by atoms with E-state index in [2.05, 4.69) is 9.69 Å². The molecule has 2 rings (SSSR count). The van der Waals surface area contributed by atoms with Gasteiger partial charge in [-0.05, 0) is 11.5 Å². The molecule has 0 saturated carbocycles. The Morgan fingerprint density at radius 3 is 2.75 bits per heavy atom. The molecular weight excluding hydrogens is 302 g/mol. The van der Waals surface area contributed by atoms with Crippen LogP contribution in [0.5, 0.6) is 0 Å². The highest BCUT2D eigenvalue weighted by Gasteiger charge is 2.30. The molecule has 0 radical (unpaired) electrons. The number of nitrogens with one attached hydrogen (secondary N) is 1. The van der Waals surface area contributed by atoms with Crippen LogP contribution in [0.15, 0.2) is 4.90 Å². The van der Waals surface area contributed by atoms with Gasteiger partial charge in [0.1, 0.15) is 5.00 Å². The fourth-order valence-electron chi connectivity index (χ4n) is 1.88. The SMILES string of the molecule is CN(C)S(=O)(=O)c1c(N)nsc1N1CCNC(=O)CC1. The number of anilines is 2. The van der Waals surface area contributed by atoms with Crippen LogP contribution in [-0.2, 0) is 14.8 Å². The number of hydrogen-bond acceptors (Lipinski definition) is 7. The number of nitrogen functional groups attached to an aromatic ring is 1. The zero-order chi connectivity index (χ0) is 14.9. The Labute approximate surface area is 121 Å². The monoisotopic (exact) mass is 319 g/mol. The molecule has 112 valence electrons. The molecule has 0 unspecified atom stereocenters. The van der Waals surface area contributed by atoms with Crippen molar-refractivity contribution in [1.82, 2.24) is 14.0 Å². The van der Waals surface area contributed by atoms with Crippen LogP contribution in [0, 0.1) is 0 Å². The second-order valence-corrected chi connectivity index (χ2v) is 7.42. The van der Waals surface area contributed by atoms with Crippen molar-refractivity contribution < 1.29 is 13.2 Å². The average molecular weight is 319 g/mol. The number of nitrogens with zero attached hydrogens (tertiary/aromatic N) is 3. The zero-order valence-electron chi connectivity index (χ0n) is 11.3. The van der Waals surface area contributed by atoms with Crippen LogP contribution in [0.4, 0.5) is 10.8 Å². The first-order chi connectivity index (χ1) is 9.34. The van der Waals surface area contributed by atoms with Gasteiger partial charge in [0.2, 0.25) is 15.9 Å². The topological polar surface area (TPSA) is 109 Å². The lowest BCUT2D eigenvalue weighted by molar-refractivity contribution is -0.120. The van der Waals surface area contributed by atoms with Crippen molar-refractivity contribution in [2.45, 2.75) is 11.3 Å². The van der Waals surface area contributed by atoms with Crippen molar-refractivity contribution in [2.75, 3.05) is 44.4 Å². The van der Waals surface area contributed by atoms with Gasteiger partial charge in [-0.2, -0.15) is 4.37 Å². The van der Waals surface area contributed by atoms with Gasteiger partial charge in [-0.3, -0.25) is 4.79 Å². The second-order valence-electron chi connectivity index (χ2n) is 4.58. The molecule has 1 aromatic rings. The van der Waals surface area contributed by atoms with Crippen LogP contribution in [0.25, 0.3) is 0 Å². The lowest BCUT2D eigenvalue weighted by Gasteiger charge is -2.22. The molecular formula is C10H17N5O3S2. The Kier molecular flexibility index (Phi) is 4.16. The Hall–Kier alpha value is -1.39. The minimum atomic E-state index is -3.66. The third kappa shape index (κ3) is 2.72. The highest BCUT2D eigenvalue weighted by atomic mass is 32.2. The Morgan fingerprint density at radius 2 is 2.10 bits per heavy atom. The summed E-state index contributed by atoms with van der Waals surface area (Å²) in [7, 11) is -0.764. The molecule has 20 heavy (non-hydrogen) atoms. The van der Waals surface area contributed by atoms with E-state index in [0.717, 1.165) is 15.8 Å². The molecule has 8 nitrogen and oxygen atoms in total. The largest absolute Gasteiger partial charge is 0.382 e. The smallest absolute Gasteiger partial charge is 0.249 e. The summed E-state index contributed by atoms with van der Waals surface area (Å²) in [6.45, 7) is 1.45. The maximum absolute atomic E-state index is 12.3. The molecule has 1 aliphatic heterocycles. The third-order valence-corrected chi connectivity index (χ3v) is 5.93. The van der Waals surface area contributed by atoms with Crippen LogP contribution in [0.2, 0.25) is 0 Å². The van der Waals surface area contributed by atoms with E-state index < -0.39 is 10.0 Å². The van der Waals surface area contributed by atoms with Gasteiger partial charge in [0.25, 0.3) is 0 Å².